The monoisotopic (exact) mass is 653 g/mol. The van der Waals surface area contributed by atoms with Crippen molar-refractivity contribution in [3.05, 3.63) is 35.2 Å². The maximum absolute atomic E-state index is 14.3. The number of carboxylic acids is 1. The number of thiophene rings is 1. The highest BCUT2D eigenvalue weighted by Gasteiger charge is 2.54. The van der Waals surface area contributed by atoms with Crippen LogP contribution in [0.25, 0.3) is 11.3 Å². The van der Waals surface area contributed by atoms with Gasteiger partial charge in [-0.25, -0.2) is 4.79 Å². The molecule has 4 amide bonds. The van der Waals surface area contributed by atoms with E-state index in [1.54, 1.807) is 18.3 Å². The molecular weight excluding hydrogens is 610 g/mol. The highest BCUT2D eigenvalue weighted by molar-refractivity contribution is 7.08. The summed E-state index contributed by atoms with van der Waals surface area (Å²) in [5.41, 5.74) is 0.181. The van der Waals surface area contributed by atoms with E-state index in [9.17, 15) is 29.1 Å². The van der Waals surface area contributed by atoms with Crippen LogP contribution in [-0.2, 0) is 24.0 Å². The van der Waals surface area contributed by atoms with E-state index in [1.807, 2.05) is 30.7 Å². The van der Waals surface area contributed by atoms with Crippen molar-refractivity contribution in [3.63, 3.8) is 0 Å². The number of aromatic nitrogens is 1. The number of likely N-dealkylation sites (tertiary alicyclic amines) is 1. The average molecular weight is 654 g/mol. The Hall–Kier alpha value is -4.00. The normalized spacial score (nSPS) is 22.0. The fourth-order valence-corrected chi connectivity index (χ4v) is 7.15. The number of nitrogens with one attached hydrogen (secondary N) is 3. The largest absolute Gasteiger partial charge is 0.486 e. The summed E-state index contributed by atoms with van der Waals surface area (Å²) in [7, 11) is 0. The van der Waals surface area contributed by atoms with Gasteiger partial charge in [-0.2, -0.15) is 11.3 Å². The Kier molecular flexibility index (Phi) is 10.3. The minimum absolute atomic E-state index is 0.0358. The van der Waals surface area contributed by atoms with E-state index in [0.29, 0.717) is 24.3 Å². The summed E-state index contributed by atoms with van der Waals surface area (Å²) in [5, 5.41) is 22.0. The van der Waals surface area contributed by atoms with Gasteiger partial charge < -0.3 is 30.7 Å². The van der Waals surface area contributed by atoms with Crippen molar-refractivity contribution in [2.75, 3.05) is 6.54 Å². The van der Waals surface area contributed by atoms with Crippen LogP contribution < -0.4 is 20.7 Å². The molecule has 13 heteroatoms. The van der Waals surface area contributed by atoms with Gasteiger partial charge in [0.1, 0.15) is 41.2 Å². The molecule has 3 heterocycles. The first-order valence-corrected chi connectivity index (χ1v) is 17.0. The van der Waals surface area contributed by atoms with E-state index in [2.05, 4.69) is 20.9 Å². The van der Waals surface area contributed by atoms with Crippen LogP contribution in [0.5, 0.6) is 5.75 Å². The van der Waals surface area contributed by atoms with Crippen LogP contribution in [0.3, 0.4) is 0 Å². The van der Waals surface area contributed by atoms with E-state index in [0.717, 1.165) is 37.7 Å². The molecule has 0 spiro atoms. The lowest BCUT2D eigenvalue weighted by Gasteiger charge is -2.34. The van der Waals surface area contributed by atoms with Gasteiger partial charge in [-0.3, -0.25) is 24.2 Å². The summed E-state index contributed by atoms with van der Waals surface area (Å²) in [6.07, 6.45) is 6.44. The van der Waals surface area contributed by atoms with Crippen molar-refractivity contribution in [3.8, 4) is 17.0 Å². The summed E-state index contributed by atoms with van der Waals surface area (Å²) in [5.74, 6) is -2.78. The standard InChI is InChI=1S/C33H43N5O7S/c1-19(2)26(36-30(41)28(35-20(3)39)21-8-5-4-6-9-21)31(42)38-17-23(16-24(38)29(40)37-33(12-13-33)32(43)44)45-25-10-7-14-34-27(25)22-11-15-46-18-22/h7,10-11,14-15,18-19,21,23-24,26,28H,4-6,8-9,12-13,16-17H2,1-3H3,(H,35,39)(H,36,41)(H,37,40)(H,43,44)/t23-,24?,26+,28+/m1/s1. The molecule has 0 aromatic carbocycles. The van der Waals surface area contributed by atoms with Crippen molar-refractivity contribution in [1.82, 2.24) is 25.8 Å². The molecule has 2 saturated carbocycles. The number of hydrogen-bond donors (Lipinski definition) is 4. The minimum Gasteiger partial charge on any atom is -0.486 e. The van der Waals surface area contributed by atoms with Gasteiger partial charge in [0.05, 0.1) is 6.54 Å². The quantitative estimate of drug-likeness (QED) is 0.271. The number of nitrogens with zero attached hydrogens (tertiary/aromatic N) is 2. The number of carbonyl (C=O) groups excluding carboxylic acids is 4. The number of hydrogen-bond acceptors (Lipinski definition) is 8. The summed E-state index contributed by atoms with van der Waals surface area (Å²) < 4.78 is 6.38. The number of amides is 4. The predicted octanol–water partition coefficient (Wildman–Crippen LogP) is 3.12. The molecule has 3 aliphatic rings. The van der Waals surface area contributed by atoms with E-state index >= 15 is 0 Å². The Balaban J connectivity index is 1.38. The fourth-order valence-electron chi connectivity index (χ4n) is 6.51. The van der Waals surface area contributed by atoms with Crippen LogP contribution >= 0.6 is 11.3 Å². The fraction of sp³-hybridized carbons (Fsp3) is 0.576. The topological polar surface area (TPSA) is 167 Å². The van der Waals surface area contributed by atoms with Crippen molar-refractivity contribution in [2.24, 2.45) is 11.8 Å². The lowest BCUT2D eigenvalue weighted by Crippen LogP contribution is -2.60. The summed E-state index contributed by atoms with van der Waals surface area (Å²) in [4.78, 5) is 71.5. The molecule has 2 aliphatic carbocycles. The van der Waals surface area contributed by atoms with E-state index in [-0.39, 0.29) is 30.7 Å². The minimum atomic E-state index is -1.34. The Morgan fingerprint density at radius 2 is 1.83 bits per heavy atom. The Morgan fingerprint density at radius 3 is 2.43 bits per heavy atom. The third-order valence-corrected chi connectivity index (χ3v) is 9.91. The molecule has 248 valence electrons. The Labute approximate surface area is 272 Å². The average Bonchev–Trinajstić information content (AvgIpc) is 3.41. The molecular formula is C33H43N5O7S. The number of carbonyl (C=O) groups is 5. The molecule has 12 nitrogen and oxygen atoms in total. The lowest BCUT2D eigenvalue weighted by atomic mass is 9.83. The van der Waals surface area contributed by atoms with Crippen molar-refractivity contribution < 1.29 is 33.8 Å². The third kappa shape index (κ3) is 7.51. The zero-order valence-corrected chi connectivity index (χ0v) is 27.3. The molecule has 2 aromatic heterocycles. The second-order valence-electron chi connectivity index (χ2n) is 13.0. The predicted molar refractivity (Wildman–Crippen MR) is 171 cm³/mol. The molecule has 2 aromatic rings. The number of ether oxygens (including phenoxy) is 1. The number of aliphatic carboxylic acids is 1. The maximum Gasteiger partial charge on any atom is 0.329 e. The Bertz CT molecular complexity index is 1440. The second kappa shape index (κ2) is 14.2. The van der Waals surface area contributed by atoms with Crippen LogP contribution in [0.1, 0.15) is 72.1 Å². The smallest absolute Gasteiger partial charge is 0.329 e. The van der Waals surface area contributed by atoms with Gasteiger partial charge in [0, 0.05) is 30.5 Å². The molecule has 5 rings (SSSR count). The molecule has 1 aliphatic heterocycles. The summed E-state index contributed by atoms with van der Waals surface area (Å²) in [6, 6.07) is 2.69. The van der Waals surface area contributed by atoms with Crippen molar-refractivity contribution in [1.29, 1.82) is 0 Å². The first-order valence-electron chi connectivity index (χ1n) is 16.1. The molecule has 0 bridgehead atoms. The van der Waals surface area contributed by atoms with E-state index < -0.39 is 53.5 Å². The summed E-state index contributed by atoms with van der Waals surface area (Å²) >= 11 is 1.53. The van der Waals surface area contributed by atoms with E-state index in [4.69, 9.17) is 4.74 Å². The van der Waals surface area contributed by atoms with Gasteiger partial charge in [-0.1, -0.05) is 33.1 Å². The van der Waals surface area contributed by atoms with Gasteiger partial charge in [0.15, 0.2) is 0 Å². The summed E-state index contributed by atoms with van der Waals surface area (Å²) in [6.45, 7) is 5.04. The molecule has 1 saturated heterocycles. The second-order valence-corrected chi connectivity index (χ2v) is 13.8. The van der Waals surface area contributed by atoms with Crippen LogP contribution in [0.4, 0.5) is 0 Å². The first-order chi connectivity index (χ1) is 22.0. The zero-order valence-electron chi connectivity index (χ0n) is 26.5. The van der Waals surface area contributed by atoms with Gasteiger partial charge >= 0.3 is 5.97 Å². The Morgan fingerprint density at radius 1 is 1.09 bits per heavy atom. The van der Waals surface area contributed by atoms with Gasteiger partial charge in [-0.15, -0.1) is 0 Å². The van der Waals surface area contributed by atoms with Crippen LogP contribution in [0, 0.1) is 11.8 Å². The molecule has 4 N–H and O–H groups in total. The van der Waals surface area contributed by atoms with E-state index in [1.165, 1.54) is 23.2 Å². The molecule has 1 unspecified atom stereocenters. The highest BCUT2D eigenvalue weighted by Crippen LogP contribution is 2.37. The SMILES string of the molecule is CC(=O)N[C@H](C(=O)N[C@H](C(=O)N1C[C@H](Oc2cccnc2-c2ccsc2)CC1C(=O)NC1(C(=O)O)CC1)C(C)C)C1CCCCC1. The van der Waals surface area contributed by atoms with Crippen LogP contribution in [-0.4, -0.2) is 80.9 Å². The maximum atomic E-state index is 14.3. The molecule has 4 atom stereocenters. The molecule has 0 radical (unpaired) electrons. The molecule has 3 fully saturated rings. The first kappa shape index (κ1) is 33.4. The number of pyridine rings is 1. The van der Waals surface area contributed by atoms with Crippen LogP contribution in [0.15, 0.2) is 35.2 Å². The molecule has 46 heavy (non-hydrogen) atoms. The van der Waals surface area contributed by atoms with Gasteiger partial charge in [0.2, 0.25) is 23.6 Å². The van der Waals surface area contributed by atoms with Crippen molar-refractivity contribution in [2.45, 2.75) is 102 Å². The highest BCUT2D eigenvalue weighted by atomic mass is 32.1. The van der Waals surface area contributed by atoms with Crippen LogP contribution in [0.2, 0.25) is 0 Å². The zero-order chi connectivity index (χ0) is 33.0. The van der Waals surface area contributed by atoms with Gasteiger partial charge in [0.25, 0.3) is 0 Å². The lowest BCUT2D eigenvalue weighted by molar-refractivity contribution is -0.146. The van der Waals surface area contributed by atoms with Gasteiger partial charge in [-0.05, 0) is 61.1 Å². The third-order valence-electron chi connectivity index (χ3n) is 9.22. The number of carboxylic acid groups (broad SMARTS) is 1. The number of rotatable bonds is 12. The van der Waals surface area contributed by atoms with Crippen molar-refractivity contribution >= 4 is 40.9 Å².